The van der Waals surface area contributed by atoms with Crippen molar-refractivity contribution in [3.8, 4) is 11.1 Å². The second kappa shape index (κ2) is 9.36. The summed E-state index contributed by atoms with van der Waals surface area (Å²) in [4.78, 5) is 25.0. The number of aromatic nitrogens is 2. The van der Waals surface area contributed by atoms with E-state index >= 15 is 0 Å². The summed E-state index contributed by atoms with van der Waals surface area (Å²) in [7, 11) is 0. The molecule has 2 N–H and O–H groups in total. The summed E-state index contributed by atoms with van der Waals surface area (Å²) in [5.41, 5.74) is 12.0. The Bertz CT molecular complexity index is 1390. The summed E-state index contributed by atoms with van der Waals surface area (Å²) in [5.74, 6) is 1.07. The summed E-state index contributed by atoms with van der Waals surface area (Å²) in [6.45, 7) is 2.88. The number of amides is 1. The predicted molar refractivity (Wildman–Crippen MR) is 140 cm³/mol. The standard InChI is InChI=1S/C30H30N4O2/c1-19(21-7-6-8-21)34(18-28-32-17-22-14-13-20(16-31)15-27(22)33-28)30(35)36-29-25-11-4-2-9-23(25)24-10-3-5-12-26(24)29/h2-5,9-15,17,19,21,29H,6-8,16,18,31H2,1H3. The summed E-state index contributed by atoms with van der Waals surface area (Å²) < 4.78 is 6.28. The third kappa shape index (κ3) is 4.01. The Morgan fingerprint density at radius 1 is 1.06 bits per heavy atom. The van der Waals surface area contributed by atoms with Gasteiger partial charge in [0.1, 0.15) is 5.82 Å². The number of carbonyl (C=O) groups is 1. The molecular weight excluding hydrogens is 448 g/mol. The highest BCUT2D eigenvalue weighted by Gasteiger charge is 2.36. The van der Waals surface area contributed by atoms with Crippen LogP contribution in [0.25, 0.3) is 22.0 Å². The van der Waals surface area contributed by atoms with Gasteiger partial charge in [0.25, 0.3) is 0 Å². The molecule has 0 spiro atoms. The lowest BCUT2D eigenvalue weighted by Gasteiger charge is -2.38. The van der Waals surface area contributed by atoms with Crippen LogP contribution in [0.4, 0.5) is 4.79 Å². The van der Waals surface area contributed by atoms with E-state index in [0.717, 1.165) is 51.6 Å². The van der Waals surface area contributed by atoms with Crippen LogP contribution < -0.4 is 5.73 Å². The first kappa shape index (κ1) is 22.7. The highest BCUT2D eigenvalue weighted by atomic mass is 16.6. The number of nitrogens with two attached hydrogens (primary N) is 1. The van der Waals surface area contributed by atoms with Crippen LogP contribution in [0.5, 0.6) is 0 Å². The largest absolute Gasteiger partial charge is 0.436 e. The van der Waals surface area contributed by atoms with Crippen molar-refractivity contribution in [1.29, 1.82) is 0 Å². The molecule has 6 heteroatoms. The Morgan fingerprint density at radius 2 is 1.75 bits per heavy atom. The molecule has 1 amide bonds. The molecule has 2 aliphatic carbocycles. The van der Waals surface area contributed by atoms with E-state index in [0.29, 0.717) is 24.8 Å². The highest BCUT2D eigenvalue weighted by Crippen LogP contribution is 2.45. The first-order valence-electron chi connectivity index (χ1n) is 12.7. The molecular formula is C30H30N4O2. The second-order valence-corrected chi connectivity index (χ2v) is 9.88. The zero-order valence-corrected chi connectivity index (χ0v) is 20.4. The van der Waals surface area contributed by atoms with E-state index < -0.39 is 6.10 Å². The Morgan fingerprint density at radius 3 is 2.39 bits per heavy atom. The molecule has 1 atom stereocenters. The summed E-state index contributed by atoms with van der Waals surface area (Å²) in [6, 6.07) is 22.3. The van der Waals surface area contributed by atoms with Gasteiger partial charge in [0, 0.05) is 35.3 Å². The van der Waals surface area contributed by atoms with Gasteiger partial charge in [0.2, 0.25) is 0 Å². The lowest BCUT2D eigenvalue weighted by Crippen LogP contribution is -2.45. The van der Waals surface area contributed by atoms with Gasteiger partial charge in [-0.05, 0) is 48.4 Å². The molecule has 0 saturated heterocycles. The summed E-state index contributed by atoms with van der Waals surface area (Å²) in [6.07, 6.45) is 4.52. The van der Waals surface area contributed by atoms with Crippen molar-refractivity contribution in [2.75, 3.05) is 0 Å². The lowest BCUT2D eigenvalue weighted by molar-refractivity contribution is 0.0416. The molecule has 1 saturated carbocycles. The van der Waals surface area contributed by atoms with Crippen LogP contribution in [-0.2, 0) is 17.8 Å². The first-order chi connectivity index (χ1) is 17.6. The van der Waals surface area contributed by atoms with E-state index in [1.165, 1.54) is 6.42 Å². The number of fused-ring (bicyclic) bond motifs is 4. The number of hydrogen-bond acceptors (Lipinski definition) is 5. The molecule has 36 heavy (non-hydrogen) atoms. The van der Waals surface area contributed by atoms with E-state index in [1.807, 2.05) is 53.6 Å². The SMILES string of the molecule is CC(C1CCC1)N(Cc1ncc2ccc(CN)cc2n1)C(=O)OC1c2ccccc2-c2ccccc21. The zero-order chi connectivity index (χ0) is 24.6. The smallest absolute Gasteiger partial charge is 0.411 e. The fourth-order valence-corrected chi connectivity index (χ4v) is 5.42. The molecule has 0 bridgehead atoms. The molecule has 1 heterocycles. The van der Waals surface area contributed by atoms with E-state index in [4.69, 9.17) is 15.5 Å². The van der Waals surface area contributed by atoms with Crippen molar-refractivity contribution in [2.45, 2.75) is 51.4 Å². The minimum Gasteiger partial charge on any atom is -0.436 e. The van der Waals surface area contributed by atoms with E-state index in [9.17, 15) is 4.79 Å². The third-order valence-electron chi connectivity index (χ3n) is 7.80. The van der Waals surface area contributed by atoms with Gasteiger partial charge in [-0.3, -0.25) is 4.90 Å². The van der Waals surface area contributed by atoms with Gasteiger partial charge in [-0.15, -0.1) is 0 Å². The fourth-order valence-electron chi connectivity index (χ4n) is 5.42. The van der Waals surface area contributed by atoms with Gasteiger partial charge < -0.3 is 10.5 Å². The Kier molecular flexibility index (Phi) is 5.89. The van der Waals surface area contributed by atoms with Gasteiger partial charge in [-0.1, -0.05) is 67.1 Å². The van der Waals surface area contributed by atoms with Gasteiger partial charge in [-0.2, -0.15) is 0 Å². The molecule has 6 rings (SSSR count). The van der Waals surface area contributed by atoms with Crippen LogP contribution in [0.3, 0.4) is 0 Å². The van der Waals surface area contributed by atoms with Crippen LogP contribution in [0, 0.1) is 5.92 Å². The first-order valence-corrected chi connectivity index (χ1v) is 12.7. The van der Waals surface area contributed by atoms with E-state index in [2.05, 4.69) is 36.2 Å². The van der Waals surface area contributed by atoms with Crippen molar-refractivity contribution in [1.82, 2.24) is 14.9 Å². The molecule has 182 valence electrons. The van der Waals surface area contributed by atoms with Gasteiger partial charge in [0.15, 0.2) is 6.10 Å². The van der Waals surface area contributed by atoms with Crippen LogP contribution >= 0.6 is 0 Å². The monoisotopic (exact) mass is 478 g/mol. The molecule has 6 nitrogen and oxygen atoms in total. The summed E-state index contributed by atoms with van der Waals surface area (Å²) >= 11 is 0. The average Bonchev–Trinajstić information content (AvgIpc) is 3.19. The normalized spacial score (nSPS) is 15.7. The van der Waals surface area contributed by atoms with Gasteiger partial charge >= 0.3 is 6.09 Å². The minimum atomic E-state index is -0.425. The maximum absolute atomic E-state index is 13.8. The lowest BCUT2D eigenvalue weighted by atomic mass is 9.80. The maximum atomic E-state index is 13.8. The maximum Gasteiger partial charge on any atom is 0.411 e. The Labute approximate surface area is 211 Å². The van der Waals surface area contributed by atoms with Crippen LogP contribution in [-0.4, -0.2) is 27.0 Å². The molecule has 4 aromatic rings. The number of ether oxygens (including phenoxy) is 1. The van der Waals surface area contributed by atoms with Crippen LogP contribution in [0.15, 0.2) is 72.9 Å². The molecule has 2 aliphatic rings. The quantitative estimate of drug-likeness (QED) is 0.368. The van der Waals surface area contributed by atoms with Gasteiger partial charge in [-0.25, -0.2) is 14.8 Å². The molecule has 0 aliphatic heterocycles. The predicted octanol–water partition coefficient (Wildman–Crippen LogP) is 5.99. The molecule has 3 aromatic carbocycles. The van der Waals surface area contributed by atoms with Crippen molar-refractivity contribution in [3.63, 3.8) is 0 Å². The Hall–Kier alpha value is -3.77. The number of nitrogens with zero attached hydrogens (tertiary/aromatic N) is 3. The highest BCUT2D eigenvalue weighted by molar-refractivity contribution is 5.80. The number of rotatable bonds is 6. The van der Waals surface area contributed by atoms with Crippen LogP contribution in [0.1, 0.15) is 54.8 Å². The Balaban J connectivity index is 1.31. The van der Waals surface area contributed by atoms with Crippen molar-refractivity contribution < 1.29 is 9.53 Å². The zero-order valence-electron chi connectivity index (χ0n) is 20.4. The molecule has 1 fully saturated rings. The number of hydrogen-bond donors (Lipinski definition) is 1. The van der Waals surface area contributed by atoms with E-state index in [1.54, 1.807) is 0 Å². The van der Waals surface area contributed by atoms with Crippen molar-refractivity contribution >= 4 is 17.0 Å². The topological polar surface area (TPSA) is 81.3 Å². The number of carbonyl (C=O) groups excluding carboxylic acids is 1. The molecule has 1 unspecified atom stereocenters. The second-order valence-electron chi connectivity index (χ2n) is 9.88. The summed E-state index contributed by atoms with van der Waals surface area (Å²) in [5, 5.41) is 0.955. The van der Waals surface area contributed by atoms with Crippen molar-refractivity contribution in [2.24, 2.45) is 11.7 Å². The van der Waals surface area contributed by atoms with Crippen molar-refractivity contribution in [3.05, 3.63) is 95.4 Å². The fraction of sp³-hybridized carbons (Fsp3) is 0.300. The third-order valence-corrected chi connectivity index (χ3v) is 7.80. The van der Waals surface area contributed by atoms with Crippen LogP contribution in [0.2, 0.25) is 0 Å². The number of benzene rings is 3. The molecule has 0 radical (unpaired) electrons. The molecule has 1 aromatic heterocycles. The van der Waals surface area contributed by atoms with Gasteiger partial charge in [0.05, 0.1) is 12.1 Å². The minimum absolute atomic E-state index is 0.0350. The average molecular weight is 479 g/mol. The van der Waals surface area contributed by atoms with E-state index in [-0.39, 0.29) is 12.1 Å².